The smallest absolute Gasteiger partial charge is 0.307 e. The van der Waals surface area contributed by atoms with Gasteiger partial charge in [0.15, 0.2) is 0 Å². The van der Waals surface area contributed by atoms with Crippen LogP contribution >= 0.6 is 0 Å². The molecule has 0 aromatic heterocycles. The van der Waals surface area contributed by atoms with Crippen LogP contribution in [0.5, 0.6) is 5.75 Å². The largest absolute Gasteiger partial charge is 0.494 e. The van der Waals surface area contributed by atoms with Crippen LogP contribution in [0.1, 0.15) is 18.4 Å². The minimum absolute atomic E-state index is 0.0155. The fraction of sp³-hybridized carbons (Fsp3) is 0.385. The van der Waals surface area contributed by atoms with Crippen LogP contribution in [0.2, 0.25) is 0 Å². The second-order valence-electron chi connectivity index (χ2n) is 3.84. The summed E-state index contributed by atoms with van der Waals surface area (Å²) in [5.74, 6) is -0.254. The first-order valence-corrected chi connectivity index (χ1v) is 5.76. The molecule has 0 saturated carbocycles. The van der Waals surface area contributed by atoms with Gasteiger partial charge in [-0.1, -0.05) is 12.1 Å². The Morgan fingerprint density at radius 2 is 2.17 bits per heavy atom. The highest BCUT2D eigenvalue weighted by molar-refractivity contribution is 5.75. The maximum absolute atomic E-state index is 11.0. The zero-order valence-electron chi connectivity index (χ0n) is 10.3. The maximum atomic E-state index is 11.0. The van der Waals surface area contributed by atoms with Crippen molar-refractivity contribution in [2.24, 2.45) is 0 Å². The van der Waals surface area contributed by atoms with E-state index in [2.05, 4.69) is 5.32 Å². The molecule has 0 fully saturated rings. The van der Waals surface area contributed by atoms with Crippen molar-refractivity contribution in [1.29, 1.82) is 0 Å². The fourth-order valence-corrected chi connectivity index (χ4v) is 1.47. The van der Waals surface area contributed by atoms with Crippen LogP contribution in [0.15, 0.2) is 24.3 Å². The molecule has 0 radical (unpaired) electrons. The number of hydrogen-bond acceptors (Lipinski definition) is 3. The Kier molecular flexibility index (Phi) is 5.70. The monoisotopic (exact) mass is 251 g/mol. The van der Waals surface area contributed by atoms with Gasteiger partial charge in [0.1, 0.15) is 5.75 Å². The van der Waals surface area contributed by atoms with E-state index in [4.69, 9.17) is 9.84 Å². The van der Waals surface area contributed by atoms with Crippen LogP contribution in [-0.2, 0) is 16.0 Å². The van der Waals surface area contributed by atoms with Gasteiger partial charge in [-0.2, -0.15) is 0 Å². The molecule has 0 aliphatic carbocycles. The molecular weight excluding hydrogens is 234 g/mol. The van der Waals surface area contributed by atoms with Gasteiger partial charge < -0.3 is 15.2 Å². The first-order chi connectivity index (χ1) is 8.61. The summed E-state index contributed by atoms with van der Waals surface area (Å²) in [5, 5.41) is 11.2. The van der Waals surface area contributed by atoms with Crippen molar-refractivity contribution in [2.45, 2.75) is 19.3 Å². The van der Waals surface area contributed by atoms with Crippen LogP contribution in [0.4, 0.5) is 0 Å². The molecule has 2 N–H and O–H groups in total. The highest BCUT2D eigenvalue weighted by Crippen LogP contribution is 2.14. The van der Waals surface area contributed by atoms with Crippen molar-refractivity contribution in [3.63, 3.8) is 0 Å². The molecule has 98 valence electrons. The lowest BCUT2D eigenvalue weighted by Crippen LogP contribution is -2.18. The third-order valence-corrected chi connectivity index (χ3v) is 2.35. The Morgan fingerprint density at radius 1 is 1.39 bits per heavy atom. The Balaban J connectivity index is 2.38. The third-order valence-electron chi connectivity index (χ3n) is 2.35. The first-order valence-electron chi connectivity index (χ1n) is 5.76. The SMILES string of the molecule is CNC(=O)CCCOc1cccc(CC(=O)O)c1. The van der Waals surface area contributed by atoms with Crippen molar-refractivity contribution < 1.29 is 19.4 Å². The number of hydrogen-bond donors (Lipinski definition) is 2. The molecule has 0 aliphatic rings. The van der Waals surface area contributed by atoms with Gasteiger partial charge in [0.05, 0.1) is 13.0 Å². The molecule has 1 amide bonds. The second-order valence-corrected chi connectivity index (χ2v) is 3.84. The molecule has 1 aromatic carbocycles. The number of carbonyl (C=O) groups is 2. The molecule has 5 heteroatoms. The number of benzene rings is 1. The molecule has 1 aromatic rings. The summed E-state index contributed by atoms with van der Waals surface area (Å²) in [6.45, 7) is 0.434. The standard InChI is InChI=1S/C13H17NO4/c1-14-12(15)6-3-7-18-11-5-2-4-10(8-11)9-13(16)17/h2,4-5,8H,3,6-7,9H2,1H3,(H,14,15)(H,16,17). The fourth-order valence-electron chi connectivity index (χ4n) is 1.47. The van der Waals surface area contributed by atoms with Crippen LogP contribution in [-0.4, -0.2) is 30.6 Å². The van der Waals surface area contributed by atoms with Gasteiger partial charge in [-0.15, -0.1) is 0 Å². The Bertz CT molecular complexity index is 417. The lowest BCUT2D eigenvalue weighted by atomic mass is 10.1. The van der Waals surface area contributed by atoms with Crippen LogP contribution in [0.3, 0.4) is 0 Å². The Hall–Kier alpha value is -2.04. The molecule has 0 unspecified atom stereocenters. The van der Waals surface area contributed by atoms with Gasteiger partial charge in [-0.25, -0.2) is 0 Å². The lowest BCUT2D eigenvalue weighted by molar-refractivity contribution is -0.136. The molecule has 0 spiro atoms. The van der Waals surface area contributed by atoms with Crippen LogP contribution in [0, 0.1) is 0 Å². The number of rotatable bonds is 7. The van der Waals surface area contributed by atoms with Gasteiger partial charge in [0.2, 0.25) is 5.91 Å². The van der Waals surface area contributed by atoms with Crippen LogP contribution < -0.4 is 10.1 Å². The van der Waals surface area contributed by atoms with Gasteiger partial charge in [-0.3, -0.25) is 9.59 Å². The molecular formula is C13H17NO4. The average molecular weight is 251 g/mol. The van der Waals surface area contributed by atoms with Crippen molar-refractivity contribution in [3.8, 4) is 5.75 Å². The van der Waals surface area contributed by atoms with Gasteiger partial charge in [0.25, 0.3) is 0 Å². The van der Waals surface area contributed by atoms with Gasteiger partial charge in [0, 0.05) is 13.5 Å². The number of carbonyl (C=O) groups excluding carboxylic acids is 1. The summed E-state index contributed by atoms with van der Waals surface area (Å²) in [6, 6.07) is 6.97. The van der Waals surface area contributed by atoms with E-state index >= 15 is 0 Å². The summed E-state index contributed by atoms with van der Waals surface area (Å²) in [7, 11) is 1.60. The number of nitrogens with one attached hydrogen (secondary N) is 1. The molecule has 1 rings (SSSR count). The summed E-state index contributed by atoms with van der Waals surface area (Å²) in [5.41, 5.74) is 0.700. The molecule has 18 heavy (non-hydrogen) atoms. The number of ether oxygens (including phenoxy) is 1. The number of carboxylic acid groups (broad SMARTS) is 1. The topological polar surface area (TPSA) is 75.6 Å². The predicted octanol–water partition coefficient (Wildman–Crippen LogP) is 1.22. The zero-order valence-corrected chi connectivity index (χ0v) is 10.3. The van der Waals surface area contributed by atoms with E-state index in [1.165, 1.54) is 0 Å². The number of carboxylic acids is 1. The van der Waals surface area contributed by atoms with Crippen molar-refractivity contribution in [3.05, 3.63) is 29.8 Å². The van der Waals surface area contributed by atoms with E-state index in [-0.39, 0.29) is 12.3 Å². The van der Waals surface area contributed by atoms with Crippen molar-refractivity contribution in [2.75, 3.05) is 13.7 Å². The summed E-state index contributed by atoms with van der Waals surface area (Å²) >= 11 is 0. The second kappa shape index (κ2) is 7.32. The van der Waals surface area contributed by atoms with E-state index in [1.807, 2.05) is 0 Å². The molecule has 0 heterocycles. The average Bonchev–Trinajstić information content (AvgIpc) is 2.34. The summed E-state index contributed by atoms with van der Waals surface area (Å²) < 4.78 is 5.45. The Morgan fingerprint density at radius 3 is 2.83 bits per heavy atom. The number of aliphatic carboxylic acids is 1. The molecule has 5 nitrogen and oxygen atoms in total. The Labute approximate surface area is 106 Å². The van der Waals surface area contributed by atoms with E-state index in [1.54, 1.807) is 31.3 Å². The minimum atomic E-state index is -0.869. The highest BCUT2D eigenvalue weighted by atomic mass is 16.5. The first kappa shape index (κ1) is 14.0. The molecule has 0 aliphatic heterocycles. The zero-order chi connectivity index (χ0) is 13.4. The normalized spacial score (nSPS) is 9.83. The lowest BCUT2D eigenvalue weighted by Gasteiger charge is -2.07. The summed E-state index contributed by atoms with van der Waals surface area (Å²) in [4.78, 5) is 21.5. The van der Waals surface area contributed by atoms with Gasteiger partial charge >= 0.3 is 5.97 Å². The third kappa shape index (κ3) is 5.34. The molecule has 0 saturated heterocycles. The van der Waals surface area contributed by atoms with Crippen molar-refractivity contribution in [1.82, 2.24) is 5.32 Å². The summed E-state index contributed by atoms with van der Waals surface area (Å²) in [6.07, 6.45) is 1.03. The minimum Gasteiger partial charge on any atom is -0.494 e. The van der Waals surface area contributed by atoms with E-state index in [0.717, 1.165) is 0 Å². The molecule has 0 bridgehead atoms. The molecule has 0 atom stereocenters. The quantitative estimate of drug-likeness (QED) is 0.714. The predicted molar refractivity (Wildman–Crippen MR) is 66.6 cm³/mol. The van der Waals surface area contributed by atoms with Crippen molar-refractivity contribution >= 4 is 11.9 Å². The maximum Gasteiger partial charge on any atom is 0.307 e. The number of amides is 1. The highest BCUT2D eigenvalue weighted by Gasteiger charge is 2.02. The van der Waals surface area contributed by atoms with E-state index in [9.17, 15) is 9.59 Å². The van der Waals surface area contributed by atoms with E-state index < -0.39 is 5.97 Å². The van der Waals surface area contributed by atoms with Crippen LogP contribution in [0.25, 0.3) is 0 Å². The van der Waals surface area contributed by atoms with E-state index in [0.29, 0.717) is 30.8 Å². The van der Waals surface area contributed by atoms with Gasteiger partial charge in [-0.05, 0) is 24.1 Å².